The van der Waals surface area contributed by atoms with Crippen LogP contribution in [0.25, 0.3) is 11.5 Å². The van der Waals surface area contributed by atoms with Gasteiger partial charge in [0.15, 0.2) is 0 Å². The first kappa shape index (κ1) is 15.8. The molecule has 1 heterocycles. The summed E-state index contributed by atoms with van der Waals surface area (Å²) in [7, 11) is 0. The van der Waals surface area contributed by atoms with Crippen molar-refractivity contribution in [1.82, 2.24) is 10.2 Å². The molecule has 2 aromatic carbocycles. The van der Waals surface area contributed by atoms with Crippen molar-refractivity contribution in [1.29, 1.82) is 0 Å². The molecule has 120 valence electrons. The lowest BCUT2D eigenvalue weighted by molar-refractivity contribution is -0.384. The van der Waals surface area contributed by atoms with Crippen LogP contribution >= 0.6 is 15.9 Å². The van der Waals surface area contributed by atoms with Gasteiger partial charge in [-0.15, -0.1) is 5.10 Å². The maximum atomic E-state index is 12.1. The minimum Gasteiger partial charge on any atom is -0.403 e. The number of anilines is 1. The molecule has 0 bridgehead atoms. The lowest BCUT2D eigenvalue weighted by atomic mass is 10.2. The van der Waals surface area contributed by atoms with Gasteiger partial charge in [-0.3, -0.25) is 20.2 Å². The molecule has 0 unspecified atom stereocenters. The number of aromatic nitrogens is 2. The molecule has 0 spiro atoms. The van der Waals surface area contributed by atoms with Gasteiger partial charge < -0.3 is 4.42 Å². The highest BCUT2D eigenvalue weighted by Gasteiger charge is 2.15. The Kier molecular flexibility index (Phi) is 4.34. The number of nitrogens with one attached hydrogen (secondary N) is 1. The number of hydrogen-bond acceptors (Lipinski definition) is 6. The Labute approximate surface area is 143 Å². The van der Waals surface area contributed by atoms with E-state index in [9.17, 15) is 14.9 Å². The fourth-order valence-electron chi connectivity index (χ4n) is 1.94. The maximum Gasteiger partial charge on any atom is 0.322 e. The molecule has 9 heteroatoms. The van der Waals surface area contributed by atoms with Gasteiger partial charge in [-0.1, -0.05) is 33.2 Å². The summed E-state index contributed by atoms with van der Waals surface area (Å²) < 4.78 is 6.23. The van der Waals surface area contributed by atoms with Crippen molar-refractivity contribution in [3.63, 3.8) is 0 Å². The number of amides is 1. The minimum absolute atomic E-state index is 0.0959. The Bertz CT molecular complexity index is 925. The molecule has 0 saturated carbocycles. The van der Waals surface area contributed by atoms with Crippen LogP contribution in [0.1, 0.15) is 10.4 Å². The molecule has 1 N–H and O–H groups in total. The Hall–Kier alpha value is -3.07. The first-order valence-corrected chi connectivity index (χ1v) is 7.47. The van der Waals surface area contributed by atoms with Crippen LogP contribution in [-0.2, 0) is 0 Å². The number of carbonyl (C=O) groups is 1. The predicted molar refractivity (Wildman–Crippen MR) is 88.5 cm³/mol. The number of benzene rings is 2. The molecule has 0 atom stereocenters. The molecule has 0 fully saturated rings. The number of rotatable bonds is 4. The zero-order valence-corrected chi connectivity index (χ0v) is 13.6. The monoisotopic (exact) mass is 388 g/mol. The number of nitro groups is 1. The van der Waals surface area contributed by atoms with Crippen LogP contribution in [0.3, 0.4) is 0 Å². The highest BCUT2D eigenvalue weighted by Crippen LogP contribution is 2.23. The average molecular weight is 389 g/mol. The molecule has 8 nitrogen and oxygen atoms in total. The second-order valence-corrected chi connectivity index (χ2v) is 5.60. The van der Waals surface area contributed by atoms with E-state index < -0.39 is 10.8 Å². The largest absolute Gasteiger partial charge is 0.403 e. The summed E-state index contributed by atoms with van der Waals surface area (Å²) in [5, 5.41) is 20.8. The standard InChI is InChI=1S/C15H9BrN4O4/c16-11-5-1-4-10(7-11)14-18-19-15(24-14)17-13(21)9-3-2-6-12(8-9)20(22)23/h1-8H,(H,17,19,21). The van der Waals surface area contributed by atoms with Crippen molar-refractivity contribution in [2.75, 3.05) is 5.32 Å². The van der Waals surface area contributed by atoms with E-state index in [1.165, 1.54) is 24.3 Å². The van der Waals surface area contributed by atoms with Gasteiger partial charge in [-0.25, -0.2) is 0 Å². The molecule has 0 aliphatic rings. The van der Waals surface area contributed by atoms with Crippen molar-refractivity contribution >= 4 is 33.5 Å². The molecular weight excluding hydrogens is 380 g/mol. The van der Waals surface area contributed by atoms with E-state index in [-0.39, 0.29) is 23.2 Å². The van der Waals surface area contributed by atoms with Crippen LogP contribution in [0.15, 0.2) is 57.4 Å². The molecule has 1 aromatic heterocycles. The van der Waals surface area contributed by atoms with Crippen LogP contribution in [-0.4, -0.2) is 21.0 Å². The molecule has 0 radical (unpaired) electrons. The summed E-state index contributed by atoms with van der Waals surface area (Å²) in [6, 6.07) is 12.5. The molecule has 0 aliphatic carbocycles. The zero-order valence-electron chi connectivity index (χ0n) is 12.0. The van der Waals surface area contributed by atoms with Gasteiger partial charge in [-0.05, 0) is 24.3 Å². The minimum atomic E-state index is -0.580. The van der Waals surface area contributed by atoms with E-state index in [0.717, 1.165) is 4.47 Å². The molecule has 0 saturated heterocycles. The third kappa shape index (κ3) is 3.46. The van der Waals surface area contributed by atoms with Crippen LogP contribution < -0.4 is 5.32 Å². The van der Waals surface area contributed by atoms with Crippen LogP contribution in [0, 0.1) is 10.1 Å². The SMILES string of the molecule is O=C(Nc1nnc(-c2cccc(Br)c2)o1)c1cccc([N+](=O)[O-])c1. The number of nitro benzene ring substituents is 1. The number of halogens is 1. The van der Waals surface area contributed by atoms with Gasteiger partial charge >= 0.3 is 6.01 Å². The third-order valence-corrected chi connectivity index (χ3v) is 3.53. The first-order valence-electron chi connectivity index (χ1n) is 6.68. The second-order valence-electron chi connectivity index (χ2n) is 4.68. The van der Waals surface area contributed by atoms with E-state index in [0.29, 0.717) is 5.56 Å². The highest BCUT2D eigenvalue weighted by molar-refractivity contribution is 9.10. The van der Waals surface area contributed by atoms with E-state index in [1.807, 2.05) is 12.1 Å². The van der Waals surface area contributed by atoms with Gasteiger partial charge in [0, 0.05) is 27.7 Å². The van der Waals surface area contributed by atoms with Gasteiger partial charge in [0.2, 0.25) is 5.89 Å². The Morgan fingerprint density at radius 1 is 1.17 bits per heavy atom. The summed E-state index contributed by atoms with van der Waals surface area (Å²) >= 11 is 3.34. The number of carbonyl (C=O) groups excluding carboxylic acids is 1. The van der Waals surface area contributed by atoms with Crippen molar-refractivity contribution < 1.29 is 14.1 Å². The van der Waals surface area contributed by atoms with Crippen molar-refractivity contribution in [3.05, 3.63) is 68.7 Å². The van der Waals surface area contributed by atoms with Gasteiger partial charge in [-0.2, -0.15) is 0 Å². The quantitative estimate of drug-likeness (QED) is 0.539. The van der Waals surface area contributed by atoms with E-state index in [4.69, 9.17) is 4.42 Å². The second kappa shape index (κ2) is 6.59. The Morgan fingerprint density at radius 2 is 1.96 bits per heavy atom. The molecule has 24 heavy (non-hydrogen) atoms. The summed E-state index contributed by atoms with van der Waals surface area (Å²) in [5.74, 6) is -0.339. The summed E-state index contributed by atoms with van der Waals surface area (Å²) in [5.41, 5.74) is 0.627. The van der Waals surface area contributed by atoms with Crippen molar-refractivity contribution in [2.45, 2.75) is 0 Å². The van der Waals surface area contributed by atoms with Crippen molar-refractivity contribution in [2.24, 2.45) is 0 Å². The zero-order chi connectivity index (χ0) is 17.1. The Morgan fingerprint density at radius 3 is 2.71 bits per heavy atom. The highest BCUT2D eigenvalue weighted by atomic mass is 79.9. The van der Waals surface area contributed by atoms with Gasteiger partial charge in [0.25, 0.3) is 11.6 Å². The lowest BCUT2D eigenvalue weighted by Crippen LogP contribution is -2.12. The fourth-order valence-corrected chi connectivity index (χ4v) is 2.34. The summed E-state index contributed by atoms with van der Waals surface area (Å²) in [4.78, 5) is 22.3. The molecular formula is C15H9BrN4O4. The van der Waals surface area contributed by atoms with Crippen LogP contribution in [0.5, 0.6) is 0 Å². The number of nitrogens with zero attached hydrogens (tertiary/aromatic N) is 3. The predicted octanol–water partition coefficient (Wildman–Crippen LogP) is 3.66. The third-order valence-electron chi connectivity index (χ3n) is 3.04. The summed E-state index contributed by atoms with van der Waals surface area (Å²) in [6.07, 6.45) is 0. The normalized spacial score (nSPS) is 10.4. The van der Waals surface area contributed by atoms with Crippen LogP contribution in [0.2, 0.25) is 0 Å². The fraction of sp³-hybridized carbons (Fsp3) is 0. The molecule has 3 rings (SSSR count). The lowest BCUT2D eigenvalue weighted by Gasteiger charge is -2.00. The van der Waals surface area contributed by atoms with Gasteiger partial charge in [0.05, 0.1) is 4.92 Å². The van der Waals surface area contributed by atoms with E-state index in [1.54, 1.807) is 12.1 Å². The molecule has 0 aliphatic heterocycles. The van der Waals surface area contributed by atoms with Crippen LogP contribution in [0.4, 0.5) is 11.7 Å². The average Bonchev–Trinajstić information content (AvgIpc) is 3.03. The molecule has 1 amide bonds. The summed E-state index contributed by atoms with van der Waals surface area (Å²) in [6.45, 7) is 0. The number of non-ortho nitro benzene ring substituents is 1. The topological polar surface area (TPSA) is 111 Å². The van der Waals surface area contributed by atoms with Gasteiger partial charge in [0.1, 0.15) is 0 Å². The Balaban J connectivity index is 1.78. The van der Waals surface area contributed by atoms with Crippen molar-refractivity contribution in [3.8, 4) is 11.5 Å². The number of hydrogen-bond donors (Lipinski definition) is 1. The first-order chi connectivity index (χ1) is 11.5. The van der Waals surface area contributed by atoms with E-state index in [2.05, 4.69) is 31.4 Å². The van der Waals surface area contributed by atoms with E-state index >= 15 is 0 Å². The maximum absolute atomic E-state index is 12.1. The smallest absolute Gasteiger partial charge is 0.322 e. The molecule has 3 aromatic rings.